The fourth-order valence-electron chi connectivity index (χ4n) is 2.90. The number of rotatable bonds is 3. The highest BCUT2D eigenvalue weighted by atomic mass is 16.3. The van der Waals surface area contributed by atoms with Gasteiger partial charge in [-0.2, -0.15) is 0 Å². The number of anilines is 1. The van der Waals surface area contributed by atoms with E-state index in [0.29, 0.717) is 6.04 Å². The monoisotopic (exact) mass is 248 g/mol. The van der Waals surface area contributed by atoms with Gasteiger partial charge in [-0.3, -0.25) is 0 Å². The molecule has 0 aliphatic heterocycles. The Kier molecular flexibility index (Phi) is 4.59. The van der Waals surface area contributed by atoms with Crippen LogP contribution in [0.25, 0.3) is 0 Å². The van der Waals surface area contributed by atoms with Crippen LogP contribution in [0, 0.1) is 6.92 Å². The Bertz CT molecular complexity index is 384. The first-order valence-electron chi connectivity index (χ1n) is 7.01. The van der Waals surface area contributed by atoms with Gasteiger partial charge in [0.2, 0.25) is 0 Å². The molecule has 2 rings (SSSR count). The zero-order valence-corrected chi connectivity index (χ0v) is 11.5. The molecule has 18 heavy (non-hydrogen) atoms. The molecule has 1 N–H and O–H groups in total. The van der Waals surface area contributed by atoms with Crippen LogP contribution in [-0.2, 0) is 6.61 Å². The lowest BCUT2D eigenvalue weighted by Gasteiger charge is -2.29. The summed E-state index contributed by atoms with van der Waals surface area (Å²) in [6.07, 6.45) is 9.76. The van der Waals surface area contributed by atoms with E-state index in [-0.39, 0.29) is 6.61 Å². The molecule has 1 saturated carbocycles. The molecule has 0 radical (unpaired) electrons. The van der Waals surface area contributed by atoms with Gasteiger partial charge in [0.15, 0.2) is 0 Å². The third-order valence-electron chi connectivity index (χ3n) is 4.00. The molecular formula is C15H24N2O. The van der Waals surface area contributed by atoms with E-state index >= 15 is 0 Å². The van der Waals surface area contributed by atoms with E-state index in [2.05, 4.69) is 23.9 Å². The third kappa shape index (κ3) is 3.02. The second-order valence-electron chi connectivity index (χ2n) is 5.40. The van der Waals surface area contributed by atoms with Crippen LogP contribution in [0.1, 0.15) is 49.7 Å². The average molecular weight is 248 g/mol. The molecule has 0 amide bonds. The number of aryl methyl sites for hydroxylation is 1. The van der Waals surface area contributed by atoms with Gasteiger partial charge in [0.1, 0.15) is 5.82 Å². The van der Waals surface area contributed by atoms with Crippen molar-refractivity contribution in [2.45, 2.75) is 58.1 Å². The summed E-state index contributed by atoms with van der Waals surface area (Å²) >= 11 is 0. The van der Waals surface area contributed by atoms with Crippen molar-refractivity contribution in [1.82, 2.24) is 4.98 Å². The van der Waals surface area contributed by atoms with Crippen molar-refractivity contribution in [2.75, 3.05) is 11.9 Å². The lowest BCUT2D eigenvalue weighted by molar-refractivity contribution is 0.281. The van der Waals surface area contributed by atoms with Crippen LogP contribution in [0.15, 0.2) is 12.3 Å². The number of aliphatic hydroxyl groups is 1. The maximum Gasteiger partial charge on any atom is 0.131 e. The molecule has 1 heterocycles. The van der Waals surface area contributed by atoms with E-state index in [1.54, 1.807) is 6.20 Å². The fourth-order valence-corrected chi connectivity index (χ4v) is 2.90. The van der Waals surface area contributed by atoms with Crippen LogP contribution >= 0.6 is 0 Å². The second kappa shape index (κ2) is 6.19. The van der Waals surface area contributed by atoms with Crippen LogP contribution in [0.4, 0.5) is 5.82 Å². The van der Waals surface area contributed by atoms with Crippen LogP contribution < -0.4 is 4.90 Å². The molecule has 1 fully saturated rings. The summed E-state index contributed by atoms with van der Waals surface area (Å²) < 4.78 is 0. The van der Waals surface area contributed by atoms with Crippen LogP contribution in [-0.4, -0.2) is 23.2 Å². The Morgan fingerprint density at radius 2 is 1.94 bits per heavy atom. The van der Waals surface area contributed by atoms with E-state index in [0.717, 1.165) is 16.9 Å². The predicted octanol–water partition coefficient (Wildman–Crippen LogP) is 3.04. The smallest absolute Gasteiger partial charge is 0.131 e. The maximum atomic E-state index is 9.12. The number of pyridine rings is 1. The van der Waals surface area contributed by atoms with Gasteiger partial charge in [0.05, 0.1) is 6.61 Å². The van der Waals surface area contributed by atoms with Crippen molar-refractivity contribution >= 4 is 5.82 Å². The number of hydrogen-bond acceptors (Lipinski definition) is 3. The second-order valence-corrected chi connectivity index (χ2v) is 5.40. The molecule has 3 nitrogen and oxygen atoms in total. The molecule has 3 heteroatoms. The molecule has 0 unspecified atom stereocenters. The standard InChI is InChI=1S/C15H24N2O/c1-12-9-13(11-18)10-16-15(12)17(2)14-7-5-3-4-6-8-14/h9-10,14,18H,3-8,11H2,1-2H3. The van der Waals surface area contributed by atoms with Crippen LogP contribution in [0.2, 0.25) is 0 Å². The highest BCUT2D eigenvalue weighted by Gasteiger charge is 2.19. The minimum atomic E-state index is 0.0707. The van der Waals surface area contributed by atoms with Crippen molar-refractivity contribution < 1.29 is 5.11 Å². The van der Waals surface area contributed by atoms with Crippen molar-refractivity contribution in [3.8, 4) is 0 Å². The van der Waals surface area contributed by atoms with E-state index in [4.69, 9.17) is 5.11 Å². The van der Waals surface area contributed by atoms with Gasteiger partial charge in [0, 0.05) is 19.3 Å². The average Bonchev–Trinajstić information content (AvgIpc) is 2.66. The molecule has 1 aromatic rings. The number of aromatic nitrogens is 1. The predicted molar refractivity (Wildman–Crippen MR) is 74.8 cm³/mol. The van der Waals surface area contributed by atoms with Crippen molar-refractivity contribution in [3.63, 3.8) is 0 Å². The molecule has 0 atom stereocenters. The number of aliphatic hydroxyl groups excluding tert-OH is 1. The maximum absolute atomic E-state index is 9.12. The summed E-state index contributed by atoms with van der Waals surface area (Å²) in [5.41, 5.74) is 2.05. The molecule has 0 spiro atoms. The molecular weight excluding hydrogens is 224 g/mol. The van der Waals surface area contributed by atoms with E-state index in [1.807, 2.05) is 6.07 Å². The molecule has 1 aliphatic carbocycles. The number of nitrogens with zero attached hydrogens (tertiary/aromatic N) is 2. The molecule has 0 aromatic carbocycles. The van der Waals surface area contributed by atoms with E-state index in [9.17, 15) is 0 Å². The van der Waals surface area contributed by atoms with Gasteiger partial charge in [-0.15, -0.1) is 0 Å². The summed E-state index contributed by atoms with van der Waals surface area (Å²) in [5, 5.41) is 9.12. The zero-order valence-electron chi connectivity index (χ0n) is 11.5. The van der Waals surface area contributed by atoms with E-state index < -0.39 is 0 Å². The molecule has 1 aliphatic rings. The Morgan fingerprint density at radius 3 is 2.50 bits per heavy atom. The Hall–Kier alpha value is -1.09. The van der Waals surface area contributed by atoms with Crippen LogP contribution in [0.5, 0.6) is 0 Å². The number of hydrogen-bond donors (Lipinski definition) is 1. The first kappa shape index (κ1) is 13.3. The first-order valence-corrected chi connectivity index (χ1v) is 7.01. The minimum absolute atomic E-state index is 0.0707. The summed E-state index contributed by atoms with van der Waals surface area (Å²) in [6, 6.07) is 2.66. The largest absolute Gasteiger partial charge is 0.392 e. The van der Waals surface area contributed by atoms with Gasteiger partial charge in [-0.25, -0.2) is 4.98 Å². The zero-order chi connectivity index (χ0) is 13.0. The highest BCUT2D eigenvalue weighted by Crippen LogP contribution is 2.26. The van der Waals surface area contributed by atoms with E-state index in [1.165, 1.54) is 38.5 Å². The molecule has 0 saturated heterocycles. The van der Waals surface area contributed by atoms with Crippen molar-refractivity contribution in [2.24, 2.45) is 0 Å². The molecule has 100 valence electrons. The Morgan fingerprint density at radius 1 is 1.28 bits per heavy atom. The SMILES string of the molecule is Cc1cc(CO)cnc1N(C)C1CCCCCC1. The lowest BCUT2D eigenvalue weighted by Crippen LogP contribution is -2.32. The van der Waals surface area contributed by atoms with Crippen molar-refractivity contribution in [1.29, 1.82) is 0 Å². The van der Waals surface area contributed by atoms with Crippen molar-refractivity contribution in [3.05, 3.63) is 23.4 Å². The van der Waals surface area contributed by atoms with Gasteiger partial charge in [0.25, 0.3) is 0 Å². The van der Waals surface area contributed by atoms with Gasteiger partial charge in [-0.05, 0) is 37.0 Å². The fraction of sp³-hybridized carbons (Fsp3) is 0.667. The lowest BCUT2D eigenvalue weighted by atomic mass is 10.1. The first-order chi connectivity index (χ1) is 8.72. The highest BCUT2D eigenvalue weighted by molar-refractivity contribution is 5.47. The summed E-state index contributed by atoms with van der Waals surface area (Å²) in [6.45, 7) is 2.15. The Balaban J connectivity index is 2.14. The summed E-state index contributed by atoms with van der Waals surface area (Å²) in [5.74, 6) is 1.07. The normalized spacial score (nSPS) is 17.5. The van der Waals surface area contributed by atoms with Gasteiger partial charge >= 0.3 is 0 Å². The third-order valence-corrected chi connectivity index (χ3v) is 4.00. The van der Waals surface area contributed by atoms with Gasteiger partial charge < -0.3 is 10.0 Å². The topological polar surface area (TPSA) is 36.4 Å². The quantitative estimate of drug-likeness (QED) is 0.835. The summed E-state index contributed by atoms with van der Waals surface area (Å²) in [4.78, 5) is 6.86. The molecule has 1 aromatic heterocycles. The molecule has 0 bridgehead atoms. The van der Waals surface area contributed by atoms with Crippen LogP contribution in [0.3, 0.4) is 0 Å². The minimum Gasteiger partial charge on any atom is -0.392 e. The Labute approximate surface area is 110 Å². The van der Waals surface area contributed by atoms with Gasteiger partial charge in [-0.1, -0.05) is 25.7 Å². The summed E-state index contributed by atoms with van der Waals surface area (Å²) in [7, 11) is 2.16.